The summed E-state index contributed by atoms with van der Waals surface area (Å²) in [6, 6.07) is 23.8. The predicted molar refractivity (Wildman–Crippen MR) is 128 cm³/mol. The van der Waals surface area contributed by atoms with Gasteiger partial charge in [0.2, 0.25) is 5.91 Å². The topological polar surface area (TPSA) is 72.3 Å². The van der Waals surface area contributed by atoms with Gasteiger partial charge in [-0.05, 0) is 49.6 Å². The largest absolute Gasteiger partial charge is 0.397 e. The number of fused-ring (bicyclic) bond motifs is 1. The van der Waals surface area contributed by atoms with Gasteiger partial charge in [0.15, 0.2) is 0 Å². The first-order valence-electron chi connectivity index (χ1n) is 10.1. The number of anilines is 3. The Balaban J connectivity index is 0.000000172. The maximum atomic E-state index is 12.0. The third-order valence-electron chi connectivity index (χ3n) is 5.39. The van der Waals surface area contributed by atoms with Crippen molar-refractivity contribution in [2.24, 2.45) is 0 Å². The summed E-state index contributed by atoms with van der Waals surface area (Å²) in [6.45, 7) is 6.74. The Morgan fingerprint density at radius 3 is 2.23 bits per heavy atom. The summed E-state index contributed by atoms with van der Waals surface area (Å²) in [4.78, 5) is 13.9. The third-order valence-corrected chi connectivity index (χ3v) is 5.39. The van der Waals surface area contributed by atoms with Gasteiger partial charge in [0.25, 0.3) is 0 Å². The molecule has 0 aromatic heterocycles. The van der Waals surface area contributed by atoms with E-state index in [1.165, 1.54) is 0 Å². The van der Waals surface area contributed by atoms with E-state index in [2.05, 4.69) is 0 Å². The first-order valence-corrected chi connectivity index (χ1v) is 10.1. The number of amides is 1. The van der Waals surface area contributed by atoms with E-state index in [9.17, 15) is 4.79 Å². The molecule has 1 amide bonds. The van der Waals surface area contributed by atoms with Crippen molar-refractivity contribution in [3.8, 4) is 0 Å². The van der Waals surface area contributed by atoms with Crippen LogP contribution in [0.15, 0.2) is 72.8 Å². The van der Waals surface area contributed by atoms with Crippen LogP contribution in [0, 0.1) is 0 Å². The van der Waals surface area contributed by atoms with Crippen molar-refractivity contribution in [3.63, 3.8) is 0 Å². The van der Waals surface area contributed by atoms with Gasteiger partial charge in [-0.1, -0.05) is 72.8 Å². The lowest BCUT2D eigenvalue weighted by atomic mass is 9.86. The van der Waals surface area contributed by atoms with E-state index in [1.807, 2.05) is 105 Å². The monoisotopic (exact) mass is 399 g/mol. The van der Waals surface area contributed by atoms with Crippen LogP contribution in [0.1, 0.15) is 37.5 Å². The van der Waals surface area contributed by atoms with E-state index in [0.717, 1.165) is 28.9 Å². The van der Waals surface area contributed by atoms with Gasteiger partial charge in [0.05, 0.1) is 16.8 Å². The summed E-state index contributed by atoms with van der Waals surface area (Å²) >= 11 is 0. The standard InChI is InChI=1S/C14H14N2.C12H15NO/c15-13-8-4-7-12(14(13)16)10-9-11-5-2-1-3-6-11;1-4-13-10-8-6-5-7-9(10)12(2,3)11(13)14/h1-10H,15-16H2;5-8H,4H2,1-3H3. The molecule has 1 aliphatic rings. The van der Waals surface area contributed by atoms with Crippen LogP contribution >= 0.6 is 0 Å². The van der Waals surface area contributed by atoms with E-state index in [0.29, 0.717) is 11.4 Å². The van der Waals surface area contributed by atoms with Gasteiger partial charge in [-0.15, -0.1) is 0 Å². The molecule has 0 unspecified atom stereocenters. The molecule has 4 N–H and O–H groups in total. The summed E-state index contributed by atoms with van der Waals surface area (Å²) in [5.74, 6) is 0.209. The van der Waals surface area contributed by atoms with E-state index >= 15 is 0 Å². The van der Waals surface area contributed by atoms with Crippen LogP contribution < -0.4 is 16.4 Å². The molecule has 0 spiro atoms. The molecule has 4 rings (SSSR count). The molecule has 0 saturated heterocycles. The average Bonchev–Trinajstić information content (AvgIpc) is 2.96. The van der Waals surface area contributed by atoms with E-state index in [-0.39, 0.29) is 11.3 Å². The zero-order chi connectivity index (χ0) is 21.7. The van der Waals surface area contributed by atoms with Crippen molar-refractivity contribution in [1.29, 1.82) is 0 Å². The number of carbonyl (C=O) groups excluding carboxylic acids is 1. The molecule has 0 bridgehead atoms. The molecule has 154 valence electrons. The highest BCUT2D eigenvalue weighted by Gasteiger charge is 2.42. The lowest BCUT2D eigenvalue weighted by Crippen LogP contribution is -2.35. The van der Waals surface area contributed by atoms with Gasteiger partial charge in [-0.25, -0.2) is 0 Å². The van der Waals surface area contributed by atoms with Crippen LogP contribution in [0.5, 0.6) is 0 Å². The number of likely N-dealkylation sites (N-methyl/N-ethyl adjacent to an activating group) is 1. The molecule has 3 aromatic rings. The van der Waals surface area contributed by atoms with Gasteiger partial charge in [0.1, 0.15) is 0 Å². The second-order valence-corrected chi connectivity index (χ2v) is 7.79. The highest BCUT2D eigenvalue weighted by atomic mass is 16.2. The summed E-state index contributed by atoms with van der Waals surface area (Å²) < 4.78 is 0. The number of nitrogen functional groups attached to an aromatic ring is 2. The Bertz CT molecular complexity index is 1050. The second kappa shape index (κ2) is 8.87. The highest BCUT2D eigenvalue weighted by molar-refractivity contribution is 6.07. The third kappa shape index (κ3) is 4.23. The number of carbonyl (C=O) groups is 1. The van der Waals surface area contributed by atoms with Crippen LogP contribution in [0.2, 0.25) is 0 Å². The van der Waals surface area contributed by atoms with Crippen molar-refractivity contribution >= 4 is 35.1 Å². The predicted octanol–water partition coefficient (Wildman–Crippen LogP) is 5.35. The van der Waals surface area contributed by atoms with E-state index in [4.69, 9.17) is 11.5 Å². The molecule has 4 nitrogen and oxygen atoms in total. The first kappa shape index (κ1) is 21.2. The second-order valence-electron chi connectivity index (χ2n) is 7.79. The molecule has 30 heavy (non-hydrogen) atoms. The normalized spacial score (nSPS) is 14.4. The molecule has 1 heterocycles. The summed E-state index contributed by atoms with van der Waals surface area (Å²) in [5.41, 5.74) is 16.8. The Morgan fingerprint density at radius 2 is 1.53 bits per heavy atom. The zero-order valence-corrected chi connectivity index (χ0v) is 17.8. The lowest BCUT2D eigenvalue weighted by molar-refractivity contribution is -0.122. The number of benzene rings is 3. The number of hydrogen-bond donors (Lipinski definition) is 2. The molecule has 4 heteroatoms. The van der Waals surface area contributed by atoms with Crippen LogP contribution in [-0.4, -0.2) is 12.5 Å². The number of rotatable bonds is 3. The van der Waals surface area contributed by atoms with Crippen molar-refractivity contribution in [1.82, 2.24) is 0 Å². The number of nitrogens with zero attached hydrogens (tertiary/aromatic N) is 1. The average molecular weight is 400 g/mol. The number of nitrogens with two attached hydrogens (primary N) is 2. The fraction of sp³-hybridized carbons (Fsp3) is 0.192. The molecule has 0 aliphatic carbocycles. The van der Waals surface area contributed by atoms with Crippen molar-refractivity contribution in [2.75, 3.05) is 22.9 Å². The van der Waals surface area contributed by atoms with Gasteiger partial charge in [-0.3, -0.25) is 4.79 Å². The summed E-state index contributed by atoms with van der Waals surface area (Å²) in [5, 5.41) is 0. The van der Waals surface area contributed by atoms with Gasteiger partial charge in [-0.2, -0.15) is 0 Å². The number of hydrogen-bond acceptors (Lipinski definition) is 3. The first-order chi connectivity index (χ1) is 14.4. The maximum absolute atomic E-state index is 12.0. The van der Waals surface area contributed by atoms with Gasteiger partial charge in [0, 0.05) is 12.2 Å². The Kier molecular flexibility index (Phi) is 6.26. The Hall–Kier alpha value is -3.53. The smallest absolute Gasteiger partial charge is 0.237 e. The Morgan fingerprint density at radius 1 is 0.867 bits per heavy atom. The minimum absolute atomic E-state index is 0.209. The SMILES string of the molecule is CCN1C(=O)C(C)(C)c2ccccc21.Nc1cccc(C=Cc2ccccc2)c1N. The van der Waals surface area contributed by atoms with Gasteiger partial charge >= 0.3 is 0 Å². The molecule has 0 saturated carbocycles. The lowest BCUT2D eigenvalue weighted by Gasteiger charge is -2.18. The number of para-hydroxylation sites is 2. The fourth-order valence-electron chi connectivity index (χ4n) is 3.61. The van der Waals surface area contributed by atoms with Crippen LogP contribution in [0.4, 0.5) is 17.1 Å². The minimum Gasteiger partial charge on any atom is -0.397 e. The molecule has 0 fully saturated rings. The van der Waals surface area contributed by atoms with Crippen LogP contribution in [0.25, 0.3) is 12.2 Å². The highest BCUT2D eigenvalue weighted by Crippen LogP contribution is 2.40. The van der Waals surface area contributed by atoms with Crippen molar-refractivity contribution in [2.45, 2.75) is 26.2 Å². The molecule has 0 atom stereocenters. The fourth-order valence-corrected chi connectivity index (χ4v) is 3.61. The van der Waals surface area contributed by atoms with E-state index in [1.54, 1.807) is 6.07 Å². The summed E-state index contributed by atoms with van der Waals surface area (Å²) in [7, 11) is 0. The van der Waals surface area contributed by atoms with Crippen molar-refractivity contribution in [3.05, 3.63) is 89.5 Å². The quantitative estimate of drug-likeness (QED) is 0.460. The molecule has 3 aromatic carbocycles. The molecular weight excluding hydrogens is 370 g/mol. The maximum Gasteiger partial charge on any atom is 0.237 e. The molecule has 0 radical (unpaired) electrons. The molecule has 1 aliphatic heterocycles. The van der Waals surface area contributed by atoms with Crippen LogP contribution in [0.3, 0.4) is 0 Å². The minimum atomic E-state index is -0.355. The van der Waals surface area contributed by atoms with Crippen molar-refractivity contribution < 1.29 is 4.79 Å². The van der Waals surface area contributed by atoms with Gasteiger partial charge < -0.3 is 16.4 Å². The zero-order valence-electron chi connectivity index (χ0n) is 17.8. The van der Waals surface area contributed by atoms with Crippen LogP contribution in [-0.2, 0) is 10.2 Å². The molecular formula is C26H29N3O. The summed E-state index contributed by atoms with van der Waals surface area (Å²) in [6.07, 6.45) is 3.99. The van der Waals surface area contributed by atoms with E-state index < -0.39 is 0 Å². The Labute approximate surface area is 178 Å².